The molecule has 118 heavy (non-hydrogen) atoms. The number of likely N-dealkylation sites (N-methyl/N-ethyl adjacent to an activating group) is 7. The van der Waals surface area contributed by atoms with Crippen LogP contribution in [-0.4, -0.2) is 243 Å². The summed E-state index contributed by atoms with van der Waals surface area (Å²) in [6.45, 7) is 37.3. The van der Waals surface area contributed by atoms with E-state index in [4.69, 9.17) is 18.6 Å². The molecule has 3 aromatic carbocycles. The lowest BCUT2D eigenvalue weighted by Gasteiger charge is -2.44. The first kappa shape index (κ1) is 103. The number of carbonyl (C=O) groups excluding carboxylic acids is 13. The van der Waals surface area contributed by atoms with Crippen molar-refractivity contribution in [3.63, 3.8) is 0 Å². The van der Waals surface area contributed by atoms with Gasteiger partial charge in [0.05, 0.1) is 12.6 Å². The molecule has 658 valence electrons. The van der Waals surface area contributed by atoms with E-state index in [-0.39, 0.29) is 88.6 Å². The summed E-state index contributed by atoms with van der Waals surface area (Å²) < 4.78 is 24.5. The number of allylic oxidation sites excluding steroid dienone is 2. The van der Waals surface area contributed by atoms with Crippen LogP contribution in [0.25, 0.3) is 0 Å². The number of ketones is 2. The zero-order chi connectivity index (χ0) is 89.7. The number of carbonyl (C=O) groups is 13. The predicted octanol–water partition coefficient (Wildman–Crippen LogP) is 10.5. The van der Waals surface area contributed by atoms with Gasteiger partial charge in [0.1, 0.15) is 67.4 Å². The monoisotopic (exact) mass is 1660 g/mol. The minimum atomic E-state index is -3.18. The van der Waals surface area contributed by atoms with Gasteiger partial charge < -0.3 is 58.7 Å². The van der Waals surface area contributed by atoms with Gasteiger partial charge in [0.25, 0.3) is 8.32 Å². The van der Waals surface area contributed by atoms with Crippen LogP contribution in [0.2, 0.25) is 5.04 Å². The molecule has 26 nitrogen and oxygen atoms in total. The smallest absolute Gasteiger partial charge is 0.410 e. The van der Waals surface area contributed by atoms with Gasteiger partial charge in [-0.05, 0) is 95.5 Å². The number of nitrogens with zero attached hydrogens (tertiary/aromatic N) is 7. The maximum Gasteiger partial charge on any atom is 0.410 e. The maximum atomic E-state index is 15.4. The Bertz CT molecular complexity index is 3780. The summed E-state index contributed by atoms with van der Waals surface area (Å²) in [6.07, 6.45) is 1.77. The van der Waals surface area contributed by atoms with Crippen LogP contribution >= 0.6 is 0 Å². The molecule has 9 amide bonds. The number of hydrogen-bond acceptors (Lipinski definition) is 17. The lowest BCUT2D eigenvalue weighted by Crippen LogP contribution is -2.67. The Balaban J connectivity index is 1.98. The summed E-state index contributed by atoms with van der Waals surface area (Å²) in [4.78, 5) is 197. The molecule has 0 radical (unpaired) electrons. The van der Waals surface area contributed by atoms with Crippen LogP contribution in [-0.2, 0) is 82.8 Å². The number of Topliss-reactive ketones (excluding diaryl/α,β-unsaturated/α-hetero) is 2. The van der Waals surface area contributed by atoms with Crippen molar-refractivity contribution in [2.45, 2.75) is 256 Å². The minimum absolute atomic E-state index is 0.0171. The minimum Gasteiger partial charge on any atom is -0.462 e. The molecule has 2 N–H and O–H groups in total. The summed E-state index contributed by atoms with van der Waals surface area (Å²) in [7, 11) is 7.10. The molecule has 0 aliphatic rings. The van der Waals surface area contributed by atoms with Crippen LogP contribution < -0.4 is 21.0 Å². The molecule has 0 saturated heterocycles. The van der Waals surface area contributed by atoms with Crippen molar-refractivity contribution < 1.29 is 81.0 Å². The molecule has 0 heterocycles. The summed E-state index contributed by atoms with van der Waals surface area (Å²) in [6, 6.07) is 19.3. The highest BCUT2D eigenvalue weighted by molar-refractivity contribution is 6.99. The molecule has 1 unspecified atom stereocenters. The van der Waals surface area contributed by atoms with Crippen LogP contribution in [0.5, 0.6) is 0 Å². The molecule has 3 rings (SSSR count). The second kappa shape index (κ2) is 48.2. The average Bonchev–Trinajstić information content (AvgIpc) is 0.745. The van der Waals surface area contributed by atoms with Crippen molar-refractivity contribution >= 4 is 95.5 Å². The Morgan fingerprint density at radius 2 is 0.949 bits per heavy atom. The third kappa shape index (κ3) is 29.1. The zero-order valence-corrected chi connectivity index (χ0v) is 77.1. The van der Waals surface area contributed by atoms with Gasteiger partial charge >= 0.3 is 18.0 Å². The van der Waals surface area contributed by atoms with Crippen molar-refractivity contribution in [1.29, 1.82) is 0 Å². The Hall–Kier alpha value is -9.11. The second-order valence-electron chi connectivity index (χ2n) is 35.2. The van der Waals surface area contributed by atoms with Crippen LogP contribution in [0.15, 0.2) is 103 Å². The molecule has 13 atom stereocenters. The van der Waals surface area contributed by atoms with E-state index in [0.717, 1.165) is 20.8 Å². The third-order valence-corrected chi connectivity index (χ3v) is 27.2. The van der Waals surface area contributed by atoms with E-state index in [1.807, 2.05) is 121 Å². The maximum absolute atomic E-state index is 15.4. The Morgan fingerprint density at radius 3 is 1.41 bits per heavy atom. The summed E-state index contributed by atoms with van der Waals surface area (Å²) >= 11 is 0. The first-order valence-electron chi connectivity index (χ1n) is 41.9. The summed E-state index contributed by atoms with van der Waals surface area (Å²) in [5.41, 5.74) is 0.735. The van der Waals surface area contributed by atoms with Crippen molar-refractivity contribution in [1.82, 2.24) is 44.9 Å². The van der Waals surface area contributed by atoms with Crippen molar-refractivity contribution in [2.75, 3.05) is 69.1 Å². The molecule has 0 fully saturated rings. The van der Waals surface area contributed by atoms with E-state index in [1.54, 1.807) is 75.4 Å². The number of rotatable bonds is 47. The van der Waals surface area contributed by atoms with Gasteiger partial charge in [-0.15, -0.1) is 0 Å². The lowest BCUT2D eigenvalue weighted by atomic mass is 9.88. The molecule has 0 aliphatic heterocycles. The van der Waals surface area contributed by atoms with E-state index in [1.165, 1.54) is 85.5 Å². The highest BCUT2D eigenvalue weighted by atomic mass is 28.4. The number of esters is 2. The van der Waals surface area contributed by atoms with Crippen molar-refractivity contribution in [2.24, 2.45) is 53.3 Å². The molecule has 0 saturated carbocycles. The SMILES string of the molecule is C/C=C/C[C@@H](C)[C@@H](OC(C)=O)C(C(=O)N[C@@H](CC)C(=O)OCCN(C)C(C)=O)N(C)C(=O)[C@H](C(C)C)N(C)C(=O)[C@H](CC(C)C)N(C)C(=O)[C@H](CC(C)C)N(C)C(=O)[C@@H](C)CC(=O)[C@H](C)CC(=O)[C@H](CC(C)C)N(C)C(=O)[C@@H](NC(=O)[C@H]([C@H](C)CO[Si](c1ccccc1)(c1ccccc1)C(C)(C)C)N(C)C(=O)OCc1ccccc1)C(C)C. The molecular weight excluding hydrogens is 1520 g/mol. The number of amides is 9. The van der Waals surface area contributed by atoms with Gasteiger partial charge in [-0.1, -0.05) is 228 Å². The molecule has 0 aliphatic carbocycles. The van der Waals surface area contributed by atoms with E-state index in [0.29, 0.717) is 6.42 Å². The molecule has 0 aromatic heterocycles. The molecule has 0 spiro atoms. The largest absolute Gasteiger partial charge is 0.462 e. The number of benzene rings is 3. The molecule has 27 heteroatoms. The normalized spacial score (nSPS) is 15.2. The summed E-state index contributed by atoms with van der Waals surface area (Å²) in [5, 5.41) is 7.34. The van der Waals surface area contributed by atoms with Gasteiger partial charge in [0, 0.05) is 100 Å². The third-order valence-electron chi connectivity index (χ3n) is 22.2. The van der Waals surface area contributed by atoms with Crippen LogP contribution in [0.4, 0.5) is 4.79 Å². The van der Waals surface area contributed by atoms with Crippen LogP contribution in [0.1, 0.15) is 196 Å². The van der Waals surface area contributed by atoms with Gasteiger partial charge in [-0.25, -0.2) is 9.59 Å². The topological polar surface area (TPSA) is 306 Å². The Kier molecular flexibility index (Phi) is 42.1. The number of ether oxygens (including phenoxy) is 3. The van der Waals surface area contributed by atoms with Crippen molar-refractivity contribution in [3.05, 3.63) is 109 Å². The molecule has 3 aromatic rings. The molecule has 0 bridgehead atoms. The number of nitrogens with one attached hydrogen (secondary N) is 2. The molecular formula is C91H143N9O17Si. The van der Waals surface area contributed by atoms with Crippen molar-refractivity contribution in [3.8, 4) is 0 Å². The Labute approximate surface area is 705 Å². The van der Waals surface area contributed by atoms with E-state index < -0.39 is 174 Å². The standard InChI is InChI=1S/C91H143N9O17Si/c1-29-31-41-62(13)81(117-67(18)102)80(83(106)92-71(30-2)89(112)114-49-48-94(22)66(17)101)99(27)88(111)78(61(11)12)98(26)86(109)74(52-59(7)8)97(25)85(108)73(51-58(5)6)96(24)84(107)64(15)54-75(103)63(14)53-76(104)72(50-57(3)4)95(23)87(110)77(60(9)10)93-82(105)79(100(28)90(113)115-56-68-42-35-32-36-43-68)65(16)55-116-118(91(19,20)21,69-44-37-33-38-45-69)70-46-39-34-40-47-70/h29,31-40,42-47,57-65,71-74,77-81H,30,41,48-56H2,1-28H3,(H,92,106)(H,93,105)/b31-29+/t62-,63-,64+,65-,71+,72+,73+,74+,77+,78+,79+,80?,81-/m1/s1. The predicted molar refractivity (Wildman–Crippen MR) is 462 cm³/mol. The van der Waals surface area contributed by atoms with Crippen LogP contribution in [0.3, 0.4) is 0 Å². The first-order chi connectivity index (χ1) is 55.1. The van der Waals surface area contributed by atoms with Crippen LogP contribution in [0, 0.1) is 53.3 Å². The Morgan fingerprint density at radius 1 is 0.492 bits per heavy atom. The number of hydrogen-bond donors (Lipinski definition) is 2. The van der Waals surface area contributed by atoms with Gasteiger partial charge in [-0.2, -0.15) is 0 Å². The second-order valence-corrected chi connectivity index (χ2v) is 39.5. The fourth-order valence-corrected chi connectivity index (χ4v) is 19.8. The zero-order valence-electron chi connectivity index (χ0n) is 76.1. The van der Waals surface area contributed by atoms with Gasteiger partial charge in [-0.3, -0.25) is 57.6 Å². The first-order valence-corrected chi connectivity index (χ1v) is 43.8. The quantitative estimate of drug-likeness (QED) is 0.0230. The highest BCUT2D eigenvalue weighted by Gasteiger charge is 2.52. The summed E-state index contributed by atoms with van der Waals surface area (Å²) in [5.74, 6) is -12.1. The van der Waals surface area contributed by atoms with E-state index in [2.05, 4.69) is 55.7 Å². The van der Waals surface area contributed by atoms with E-state index in [9.17, 15) is 38.4 Å². The fraction of sp³-hybridized carbons (Fsp3) is 0.637. The van der Waals surface area contributed by atoms with E-state index >= 15 is 24.0 Å². The average molecular weight is 1660 g/mol. The lowest BCUT2D eigenvalue weighted by molar-refractivity contribution is -0.164. The van der Waals surface area contributed by atoms with Gasteiger partial charge in [0.15, 0.2) is 5.78 Å². The fourth-order valence-electron chi connectivity index (χ4n) is 15.2. The highest BCUT2D eigenvalue weighted by Crippen LogP contribution is 2.38. The van der Waals surface area contributed by atoms with Gasteiger partial charge in [0.2, 0.25) is 47.3 Å².